The third kappa shape index (κ3) is 1.26. The van der Waals surface area contributed by atoms with Crippen molar-refractivity contribution < 1.29 is 4.42 Å². The van der Waals surface area contributed by atoms with E-state index < -0.39 is 0 Å². The number of halogens is 1. The van der Waals surface area contributed by atoms with Gasteiger partial charge in [0.2, 0.25) is 5.71 Å². The zero-order valence-electron chi connectivity index (χ0n) is 8.85. The number of rotatable bonds is 0. The van der Waals surface area contributed by atoms with E-state index in [0.717, 1.165) is 16.8 Å². The number of hydrogen-bond donors (Lipinski definition) is 0. The molecule has 0 unspecified atom stereocenters. The van der Waals surface area contributed by atoms with Crippen molar-refractivity contribution >= 4 is 50.3 Å². The molecule has 0 amide bonds. The summed E-state index contributed by atoms with van der Waals surface area (Å²) >= 11 is 2.34. The molecule has 0 aliphatic rings. The molecule has 0 aliphatic carbocycles. The monoisotopic (exact) mass is 333 g/mol. The van der Waals surface area contributed by atoms with E-state index in [1.165, 1.54) is 14.5 Å². The number of oxazole rings is 1. The van der Waals surface area contributed by atoms with Crippen LogP contribution in [0.3, 0.4) is 0 Å². The standard InChI is InChI=1S/C14H8INO/c15-10-6-5-9-7-14-16(12(9)8-10)11-3-1-2-4-13(11)17-14/h1-8H. The van der Waals surface area contributed by atoms with Crippen molar-refractivity contribution in [2.24, 2.45) is 0 Å². The van der Waals surface area contributed by atoms with Crippen LogP contribution in [0.25, 0.3) is 27.7 Å². The van der Waals surface area contributed by atoms with Crippen LogP contribution in [0, 0.1) is 3.57 Å². The predicted octanol–water partition coefficient (Wildman–Crippen LogP) is 4.44. The van der Waals surface area contributed by atoms with Crippen molar-refractivity contribution in [1.82, 2.24) is 4.40 Å². The van der Waals surface area contributed by atoms with E-state index in [2.05, 4.69) is 57.3 Å². The average Bonchev–Trinajstić information content (AvgIpc) is 2.84. The predicted molar refractivity (Wildman–Crippen MR) is 77.4 cm³/mol. The van der Waals surface area contributed by atoms with E-state index in [0.29, 0.717) is 0 Å². The fourth-order valence-electron chi connectivity index (χ4n) is 2.31. The van der Waals surface area contributed by atoms with Crippen LogP contribution < -0.4 is 0 Å². The molecule has 82 valence electrons. The minimum absolute atomic E-state index is 0.906. The van der Waals surface area contributed by atoms with Crippen LogP contribution in [0.15, 0.2) is 52.9 Å². The van der Waals surface area contributed by atoms with Gasteiger partial charge in [-0.1, -0.05) is 18.2 Å². The number of hydrogen-bond acceptors (Lipinski definition) is 1. The Kier molecular flexibility index (Phi) is 1.83. The lowest BCUT2D eigenvalue weighted by atomic mass is 10.2. The van der Waals surface area contributed by atoms with Crippen molar-refractivity contribution in [3.63, 3.8) is 0 Å². The fourth-order valence-corrected chi connectivity index (χ4v) is 2.79. The molecule has 0 saturated carbocycles. The van der Waals surface area contributed by atoms with Crippen molar-refractivity contribution in [2.75, 3.05) is 0 Å². The topological polar surface area (TPSA) is 17.6 Å². The second-order valence-electron chi connectivity index (χ2n) is 4.09. The smallest absolute Gasteiger partial charge is 0.205 e. The SMILES string of the molecule is Ic1ccc2cc3oc4ccccc4n3c2c1. The first-order valence-electron chi connectivity index (χ1n) is 5.41. The summed E-state index contributed by atoms with van der Waals surface area (Å²) in [6.45, 7) is 0. The average molecular weight is 333 g/mol. The first kappa shape index (κ1) is 9.53. The second-order valence-corrected chi connectivity index (χ2v) is 5.34. The zero-order chi connectivity index (χ0) is 11.4. The van der Waals surface area contributed by atoms with Gasteiger partial charge in [-0.05, 0) is 46.9 Å². The van der Waals surface area contributed by atoms with Crippen molar-refractivity contribution in [1.29, 1.82) is 0 Å². The number of nitrogens with zero attached hydrogens (tertiary/aromatic N) is 1. The lowest BCUT2D eigenvalue weighted by molar-refractivity contribution is 0.657. The molecular formula is C14H8INO. The molecule has 0 spiro atoms. The molecule has 0 aliphatic heterocycles. The van der Waals surface area contributed by atoms with E-state index >= 15 is 0 Å². The Balaban J connectivity index is 2.33. The van der Waals surface area contributed by atoms with Crippen LogP contribution in [0.2, 0.25) is 0 Å². The molecule has 2 aromatic carbocycles. The van der Waals surface area contributed by atoms with Gasteiger partial charge in [-0.2, -0.15) is 0 Å². The van der Waals surface area contributed by atoms with E-state index in [-0.39, 0.29) is 0 Å². The van der Waals surface area contributed by atoms with Crippen LogP contribution in [-0.4, -0.2) is 4.40 Å². The highest BCUT2D eigenvalue weighted by Gasteiger charge is 2.10. The summed E-state index contributed by atoms with van der Waals surface area (Å²) in [6, 6.07) is 16.6. The highest BCUT2D eigenvalue weighted by Crippen LogP contribution is 2.28. The molecule has 17 heavy (non-hydrogen) atoms. The molecule has 0 atom stereocenters. The molecule has 2 nitrogen and oxygen atoms in total. The summed E-state index contributed by atoms with van der Waals surface area (Å²) in [5.41, 5.74) is 4.17. The molecule has 0 N–H and O–H groups in total. The van der Waals surface area contributed by atoms with Gasteiger partial charge in [-0.3, -0.25) is 4.40 Å². The van der Waals surface area contributed by atoms with E-state index in [4.69, 9.17) is 4.42 Å². The first-order chi connectivity index (χ1) is 8.33. The van der Waals surface area contributed by atoms with Crippen LogP contribution in [0.1, 0.15) is 0 Å². The maximum atomic E-state index is 5.84. The molecule has 0 radical (unpaired) electrons. The maximum Gasteiger partial charge on any atom is 0.205 e. The van der Waals surface area contributed by atoms with Gasteiger partial charge in [0.05, 0.1) is 11.0 Å². The van der Waals surface area contributed by atoms with Gasteiger partial charge in [0.25, 0.3) is 0 Å². The minimum atomic E-state index is 0.906. The molecule has 0 bridgehead atoms. The van der Waals surface area contributed by atoms with Crippen LogP contribution in [0.5, 0.6) is 0 Å². The Morgan fingerprint density at radius 2 is 1.82 bits per heavy atom. The number of para-hydroxylation sites is 2. The lowest BCUT2D eigenvalue weighted by Crippen LogP contribution is -1.80. The highest BCUT2D eigenvalue weighted by molar-refractivity contribution is 14.1. The number of aromatic nitrogens is 1. The van der Waals surface area contributed by atoms with Gasteiger partial charge in [0.1, 0.15) is 0 Å². The highest BCUT2D eigenvalue weighted by atomic mass is 127. The molecule has 0 fully saturated rings. The molecule has 2 heterocycles. The normalized spacial score (nSPS) is 11.8. The van der Waals surface area contributed by atoms with Crippen LogP contribution in [0.4, 0.5) is 0 Å². The van der Waals surface area contributed by atoms with Crippen molar-refractivity contribution in [3.8, 4) is 0 Å². The Labute approximate surface area is 111 Å². The van der Waals surface area contributed by atoms with Gasteiger partial charge in [-0.15, -0.1) is 0 Å². The largest absolute Gasteiger partial charge is 0.438 e. The van der Waals surface area contributed by atoms with Crippen LogP contribution >= 0.6 is 22.6 Å². The number of benzene rings is 2. The molecule has 4 aromatic rings. The summed E-state index contributed by atoms with van der Waals surface area (Å²) in [5.74, 6) is 0. The third-order valence-corrected chi connectivity index (χ3v) is 3.72. The molecule has 2 aromatic heterocycles. The summed E-state index contributed by atoms with van der Waals surface area (Å²) in [5, 5.41) is 1.22. The van der Waals surface area contributed by atoms with Gasteiger partial charge >= 0.3 is 0 Å². The lowest BCUT2D eigenvalue weighted by Gasteiger charge is -1.95. The summed E-state index contributed by atoms with van der Waals surface area (Å²) in [4.78, 5) is 0. The summed E-state index contributed by atoms with van der Waals surface area (Å²) in [6.07, 6.45) is 0. The fraction of sp³-hybridized carbons (Fsp3) is 0. The quantitative estimate of drug-likeness (QED) is 0.435. The summed E-state index contributed by atoms with van der Waals surface area (Å²) < 4.78 is 9.25. The Morgan fingerprint density at radius 1 is 0.941 bits per heavy atom. The Hall–Kier alpha value is -1.49. The third-order valence-electron chi connectivity index (χ3n) is 3.05. The number of fused-ring (bicyclic) bond motifs is 5. The van der Waals surface area contributed by atoms with Gasteiger partial charge in [0, 0.05) is 15.0 Å². The van der Waals surface area contributed by atoms with E-state index in [1.807, 2.05) is 18.2 Å². The molecular weight excluding hydrogens is 325 g/mol. The van der Waals surface area contributed by atoms with Crippen molar-refractivity contribution in [2.45, 2.75) is 0 Å². The van der Waals surface area contributed by atoms with Gasteiger partial charge < -0.3 is 4.42 Å². The Morgan fingerprint density at radius 3 is 2.76 bits per heavy atom. The Bertz CT molecular complexity index is 856. The molecule has 0 saturated heterocycles. The zero-order valence-corrected chi connectivity index (χ0v) is 11.0. The maximum absolute atomic E-state index is 5.84. The molecule has 3 heteroatoms. The van der Waals surface area contributed by atoms with Gasteiger partial charge in [-0.25, -0.2) is 0 Å². The van der Waals surface area contributed by atoms with E-state index in [9.17, 15) is 0 Å². The van der Waals surface area contributed by atoms with Crippen molar-refractivity contribution in [3.05, 3.63) is 52.1 Å². The summed E-state index contributed by atoms with van der Waals surface area (Å²) in [7, 11) is 0. The van der Waals surface area contributed by atoms with E-state index in [1.54, 1.807) is 0 Å². The van der Waals surface area contributed by atoms with Gasteiger partial charge in [0.15, 0.2) is 5.58 Å². The second kappa shape index (κ2) is 3.26. The molecule has 4 rings (SSSR count). The first-order valence-corrected chi connectivity index (χ1v) is 6.49. The van der Waals surface area contributed by atoms with Crippen LogP contribution in [-0.2, 0) is 0 Å². The minimum Gasteiger partial charge on any atom is -0.438 e.